The Hall–Kier alpha value is -1.03. The van der Waals surface area contributed by atoms with Gasteiger partial charge in [-0.15, -0.1) is 11.3 Å². The number of para-hydroxylation sites is 1. The molecular weight excluding hydrogens is 254 g/mol. The van der Waals surface area contributed by atoms with Gasteiger partial charge in [0.05, 0.1) is 12.1 Å². The standard InChI is InChI=1S/C13H14ClNOS/c1-16-12-5-3-2-4-9(12)8-11(15)13-10(14)6-7-17-13/h2-7,11H,8,15H2,1H3. The van der Waals surface area contributed by atoms with E-state index in [1.54, 1.807) is 18.4 Å². The molecule has 1 heterocycles. The van der Waals surface area contributed by atoms with E-state index in [2.05, 4.69) is 0 Å². The van der Waals surface area contributed by atoms with Crippen molar-refractivity contribution in [3.8, 4) is 5.75 Å². The second kappa shape index (κ2) is 5.54. The summed E-state index contributed by atoms with van der Waals surface area (Å²) in [6.45, 7) is 0. The van der Waals surface area contributed by atoms with Gasteiger partial charge in [-0.3, -0.25) is 0 Å². The monoisotopic (exact) mass is 267 g/mol. The molecule has 2 N–H and O–H groups in total. The molecule has 1 aromatic carbocycles. The van der Waals surface area contributed by atoms with Gasteiger partial charge in [0.25, 0.3) is 0 Å². The van der Waals surface area contributed by atoms with Crippen molar-refractivity contribution in [2.45, 2.75) is 12.5 Å². The normalized spacial score (nSPS) is 12.4. The quantitative estimate of drug-likeness (QED) is 0.918. The number of thiophene rings is 1. The van der Waals surface area contributed by atoms with Gasteiger partial charge in [-0.25, -0.2) is 0 Å². The highest BCUT2D eigenvalue weighted by Gasteiger charge is 2.14. The molecule has 0 spiro atoms. The Bertz CT molecular complexity index is 498. The van der Waals surface area contributed by atoms with Crippen LogP contribution in [-0.2, 0) is 6.42 Å². The van der Waals surface area contributed by atoms with E-state index in [1.807, 2.05) is 35.7 Å². The smallest absolute Gasteiger partial charge is 0.122 e. The summed E-state index contributed by atoms with van der Waals surface area (Å²) >= 11 is 7.67. The van der Waals surface area contributed by atoms with Gasteiger partial charge in [0, 0.05) is 10.9 Å². The van der Waals surface area contributed by atoms with E-state index in [-0.39, 0.29) is 6.04 Å². The number of ether oxygens (including phenoxy) is 1. The lowest BCUT2D eigenvalue weighted by atomic mass is 10.0. The van der Waals surface area contributed by atoms with Gasteiger partial charge in [0.15, 0.2) is 0 Å². The Morgan fingerprint density at radius 2 is 2.12 bits per heavy atom. The molecular formula is C13H14ClNOS. The zero-order valence-electron chi connectivity index (χ0n) is 9.52. The van der Waals surface area contributed by atoms with Crippen LogP contribution in [0.3, 0.4) is 0 Å². The van der Waals surface area contributed by atoms with Crippen molar-refractivity contribution in [3.63, 3.8) is 0 Å². The number of nitrogens with two attached hydrogens (primary N) is 1. The third-order valence-corrected chi connectivity index (χ3v) is 4.10. The molecule has 0 bridgehead atoms. The second-order valence-corrected chi connectivity index (χ2v) is 5.11. The summed E-state index contributed by atoms with van der Waals surface area (Å²) in [5.41, 5.74) is 7.27. The van der Waals surface area contributed by atoms with Crippen LogP contribution in [0.25, 0.3) is 0 Å². The van der Waals surface area contributed by atoms with Crippen LogP contribution >= 0.6 is 22.9 Å². The molecule has 2 rings (SSSR count). The minimum atomic E-state index is -0.0844. The highest BCUT2D eigenvalue weighted by Crippen LogP contribution is 2.31. The van der Waals surface area contributed by atoms with Gasteiger partial charge in [-0.2, -0.15) is 0 Å². The fraction of sp³-hybridized carbons (Fsp3) is 0.231. The summed E-state index contributed by atoms with van der Waals surface area (Å²) in [5, 5.41) is 2.71. The molecule has 1 atom stereocenters. The Morgan fingerprint density at radius 3 is 2.76 bits per heavy atom. The van der Waals surface area contributed by atoms with Crippen LogP contribution in [0.5, 0.6) is 5.75 Å². The van der Waals surface area contributed by atoms with Crippen LogP contribution in [0.15, 0.2) is 35.7 Å². The van der Waals surface area contributed by atoms with Gasteiger partial charge >= 0.3 is 0 Å². The number of methoxy groups -OCH3 is 1. The van der Waals surface area contributed by atoms with Gasteiger partial charge in [0.1, 0.15) is 5.75 Å². The zero-order chi connectivity index (χ0) is 12.3. The topological polar surface area (TPSA) is 35.2 Å². The fourth-order valence-electron chi connectivity index (χ4n) is 1.77. The molecule has 0 fully saturated rings. The molecule has 1 aromatic heterocycles. The lowest BCUT2D eigenvalue weighted by Gasteiger charge is -2.13. The molecule has 0 saturated heterocycles. The summed E-state index contributed by atoms with van der Waals surface area (Å²) in [7, 11) is 1.67. The van der Waals surface area contributed by atoms with Crippen molar-refractivity contribution >= 4 is 22.9 Å². The molecule has 1 unspecified atom stereocenters. The van der Waals surface area contributed by atoms with Crippen molar-refractivity contribution in [2.24, 2.45) is 5.73 Å². The zero-order valence-corrected chi connectivity index (χ0v) is 11.1. The minimum absolute atomic E-state index is 0.0844. The minimum Gasteiger partial charge on any atom is -0.496 e. The van der Waals surface area contributed by atoms with Gasteiger partial charge in [-0.05, 0) is 29.5 Å². The lowest BCUT2D eigenvalue weighted by molar-refractivity contribution is 0.408. The Balaban J connectivity index is 2.18. The molecule has 2 nitrogen and oxygen atoms in total. The van der Waals surface area contributed by atoms with E-state index < -0.39 is 0 Å². The van der Waals surface area contributed by atoms with E-state index in [0.29, 0.717) is 0 Å². The maximum absolute atomic E-state index is 6.17. The third kappa shape index (κ3) is 2.80. The van der Waals surface area contributed by atoms with Gasteiger partial charge in [0.2, 0.25) is 0 Å². The van der Waals surface area contributed by atoms with Crippen LogP contribution in [0.1, 0.15) is 16.5 Å². The Morgan fingerprint density at radius 1 is 1.35 bits per heavy atom. The summed E-state index contributed by atoms with van der Waals surface area (Å²) in [4.78, 5) is 1.03. The number of hydrogen-bond acceptors (Lipinski definition) is 3. The number of benzene rings is 1. The summed E-state index contributed by atoms with van der Waals surface area (Å²) in [5.74, 6) is 0.871. The molecule has 0 amide bonds. The summed E-state index contributed by atoms with van der Waals surface area (Å²) < 4.78 is 5.31. The first kappa shape index (κ1) is 12.4. The number of rotatable bonds is 4. The van der Waals surface area contributed by atoms with Crippen molar-refractivity contribution in [1.82, 2.24) is 0 Å². The molecule has 4 heteroatoms. The molecule has 0 aliphatic heterocycles. The third-order valence-electron chi connectivity index (χ3n) is 2.61. The van der Waals surface area contributed by atoms with E-state index in [4.69, 9.17) is 22.1 Å². The van der Waals surface area contributed by atoms with Gasteiger partial charge in [-0.1, -0.05) is 29.8 Å². The summed E-state index contributed by atoms with van der Waals surface area (Å²) in [6.07, 6.45) is 0.726. The van der Waals surface area contributed by atoms with Crippen LogP contribution < -0.4 is 10.5 Å². The van der Waals surface area contributed by atoms with Crippen molar-refractivity contribution in [2.75, 3.05) is 7.11 Å². The maximum atomic E-state index is 6.17. The number of halogens is 1. The first-order chi connectivity index (χ1) is 8.22. The average molecular weight is 268 g/mol. The maximum Gasteiger partial charge on any atom is 0.122 e. The second-order valence-electron chi connectivity index (χ2n) is 3.76. The molecule has 17 heavy (non-hydrogen) atoms. The van der Waals surface area contributed by atoms with E-state index >= 15 is 0 Å². The molecule has 0 radical (unpaired) electrons. The van der Waals surface area contributed by atoms with E-state index in [1.165, 1.54) is 0 Å². The molecule has 90 valence electrons. The van der Waals surface area contributed by atoms with E-state index in [0.717, 1.165) is 27.6 Å². The first-order valence-corrected chi connectivity index (χ1v) is 6.58. The van der Waals surface area contributed by atoms with Crippen LogP contribution in [0.2, 0.25) is 5.02 Å². The number of hydrogen-bond donors (Lipinski definition) is 1. The highest BCUT2D eigenvalue weighted by atomic mass is 35.5. The van der Waals surface area contributed by atoms with Crippen molar-refractivity contribution in [1.29, 1.82) is 0 Å². The molecule has 0 aliphatic rings. The van der Waals surface area contributed by atoms with Gasteiger partial charge < -0.3 is 10.5 Å². The first-order valence-electron chi connectivity index (χ1n) is 5.32. The predicted molar refractivity (Wildman–Crippen MR) is 73.0 cm³/mol. The van der Waals surface area contributed by atoms with Crippen molar-refractivity contribution < 1.29 is 4.74 Å². The molecule has 2 aromatic rings. The Labute approximate surface area is 110 Å². The Kier molecular flexibility index (Phi) is 4.05. The molecule has 0 saturated carbocycles. The fourth-order valence-corrected chi connectivity index (χ4v) is 2.97. The van der Waals surface area contributed by atoms with E-state index in [9.17, 15) is 0 Å². The lowest BCUT2D eigenvalue weighted by Crippen LogP contribution is -2.12. The highest BCUT2D eigenvalue weighted by molar-refractivity contribution is 7.10. The average Bonchev–Trinajstić information content (AvgIpc) is 2.76. The summed E-state index contributed by atoms with van der Waals surface area (Å²) in [6, 6.07) is 9.70. The van der Waals surface area contributed by atoms with Crippen LogP contribution in [-0.4, -0.2) is 7.11 Å². The van der Waals surface area contributed by atoms with Crippen molar-refractivity contribution in [3.05, 3.63) is 51.2 Å². The SMILES string of the molecule is COc1ccccc1CC(N)c1sccc1Cl. The van der Waals surface area contributed by atoms with Crippen LogP contribution in [0, 0.1) is 0 Å². The molecule has 0 aliphatic carbocycles. The van der Waals surface area contributed by atoms with Crippen LogP contribution in [0.4, 0.5) is 0 Å². The predicted octanol–water partition coefficient (Wildman–Crippen LogP) is 3.65. The largest absolute Gasteiger partial charge is 0.496 e.